The lowest BCUT2D eigenvalue weighted by atomic mass is 10.4. The molecule has 2 nitrogen and oxygen atoms in total. The summed E-state index contributed by atoms with van der Waals surface area (Å²) in [5, 5.41) is 21.1. The molecule has 0 spiro atoms. The summed E-state index contributed by atoms with van der Waals surface area (Å²) in [4.78, 5) is 0. The molecule has 2 atom stereocenters. The van der Waals surface area contributed by atoms with Crippen molar-refractivity contribution >= 4 is 11.8 Å². The lowest BCUT2D eigenvalue weighted by molar-refractivity contribution is 0.244. The SMILES string of the molecule is CC(O)C=CS/C=C\C(C)O. The predicted octanol–water partition coefficient (Wildman–Crippen LogP) is 1.51. The van der Waals surface area contributed by atoms with Gasteiger partial charge in [0.25, 0.3) is 0 Å². The fraction of sp³-hybridized carbons (Fsp3) is 0.500. The van der Waals surface area contributed by atoms with Gasteiger partial charge in [0, 0.05) is 0 Å². The molecule has 0 aromatic heterocycles. The Balaban J connectivity index is 3.41. The normalized spacial score (nSPS) is 17.8. The first-order valence-electron chi connectivity index (χ1n) is 3.48. The third kappa shape index (κ3) is 9.75. The largest absolute Gasteiger partial charge is 0.389 e. The van der Waals surface area contributed by atoms with Gasteiger partial charge < -0.3 is 10.2 Å². The molecule has 0 bridgehead atoms. The van der Waals surface area contributed by atoms with Gasteiger partial charge in [0.15, 0.2) is 0 Å². The molecule has 0 rings (SSSR count). The average molecular weight is 174 g/mol. The minimum atomic E-state index is -0.401. The second kappa shape index (κ2) is 6.46. The highest BCUT2D eigenvalue weighted by Gasteiger charge is 1.84. The van der Waals surface area contributed by atoms with E-state index in [1.807, 2.05) is 0 Å². The summed E-state index contributed by atoms with van der Waals surface area (Å²) in [6.45, 7) is 3.38. The van der Waals surface area contributed by atoms with Crippen molar-refractivity contribution in [3.05, 3.63) is 23.0 Å². The third-order valence-corrected chi connectivity index (χ3v) is 1.50. The van der Waals surface area contributed by atoms with Crippen molar-refractivity contribution in [2.75, 3.05) is 0 Å². The summed E-state index contributed by atoms with van der Waals surface area (Å²) in [5.74, 6) is 0. The van der Waals surface area contributed by atoms with Crippen LogP contribution in [0, 0.1) is 0 Å². The topological polar surface area (TPSA) is 40.5 Å². The first-order valence-corrected chi connectivity index (χ1v) is 4.42. The van der Waals surface area contributed by atoms with Gasteiger partial charge in [-0.3, -0.25) is 0 Å². The predicted molar refractivity (Wildman–Crippen MR) is 49.2 cm³/mol. The van der Waals surface area contributed by atoms with E-state index in [2.05, 4.69) is 0 Å². The Hall–Kier alpha value is -0.250. The zero-order valence-electron chi connectivity index (χ0n) is 6.77. The molecule has 2 N–H and O–H groups in total. The fourth-order valence-corrected chi connectivity index (χ4v) is 1.09. The molecule has 64 valence electrons. The van der Waals surface area contributed by atoms with Crippen LogP contribution >= 0.6 is 11.8 Å². The van der Waals surface area contributed by atoms with E-state index in [-0.39, 0.29) is 0 Å². The van der Waals surface area contributed by atoms with E-state index < -0.39 is 12.2 Å². The summed E-state index contributed by atoms with van der Waals surface area (Å²) in [6, 6.07) is 0. The van der Waals surface area contributed by atoms with Crippen LogP contribution in [0.1, 0.15) is 13.8 Å². The summed E-state index contributed by atoms with van der Waals surface area (Å²) >= 11 is 1.43. The highest BCUT2D eigenvalue weighted by molar-refractivity contribution is 8.04. The Morgan fingerprint density at radius 2 is 1.36 bits per heavy atom. The van der Waals surface area contributed by atoms with Crippen LogP contribution < -0.4 is 0 Å². The molecule has 0 aliphatic heterocycles. The molecule has 0 aromatic rings. The van der Waals surface area contributed by atoms with Crippen LogP contribution in [0.5, 0.6) is 0 Å². The van der Waals surface area contributed by atoms with Crippen molar-refractivity contribution < 1.29 is 10.2 Å². The molecule has 11 heavy (non-hydrogen) atoms. The Morgan fingerprint density at radius 1 is 1.00 bits per heavy atom. The molecule has 0 aliphatic carbocycles. The van der Waals surface area contributed by atoms with Gasteiger partial charge in [0.2, 0.25) is 0 Å². The Kier molecular flexibility index (Phi) is 6.31. The summed E-state index contributed by atoms with van der Waals surface area (Å²) in [6.07, 6.45) is 2.55. The van der Waals surface area contributed by atoms with Crippen molar-refractivity contribution in [2.45, 2.75) is 26.1 Å². The first-order chi connectivity index (χ1) is 5.13. The molecule has 3 heteroatoms. The van der Waals surface area contributed by atoms with Crippen LogP contribution in [0.15, 0.2) is 23.0 Å². The van der Waals surface area contributed by atoms with Crippen molar-refractivity contribution in [2.24, 2.45) is 0 Å². The molecular formula is C8H14O2S. The van der Waals surface area contributed by atoms with Crippen LogP contribution in [-0.4, -0.2) is 22.4 Å². The number of hydrogen-bond acceptors (Lipinski definition) is 3. The summed E-state index contributed by atoms with van der Waals surface area (Å²) < 4.78 is 0. The van der Waals surface area contributed by atoms with Crippen LogP contribution in [0.3, 0.4) is 0 Å². The fourth-order valence-electron chi connectivity index (χ4n) is 0.363. The summed E-state index contributed by atoms with van der Waals surface area (Å²) in [5.41, 5.74) is 0. The van der Waals surface area contributed by atoms with Crippen molar-refractivity contribution in [3.8, 4) is 0 Å². The first kappa shape index (κ1) is 10.8. The van der Waals surface area contributed by atoms with Gasteiger partial charge in [0.05, 0.1) is 12.2 Å². The molecular weight excluding hydrogens is 160 g/mol. The molecule has 0 radical (unpaired) electrons. The maximum Gasteiger partial charge on any atom is 0.0700 e. The molecule has 0 saturated carbocycles. The average Bonchev–Trinajstić information content (AvgIpc) is 1.85. The molecule has 0 fully saturated rings. The van der Waals surface area contributed by atoms with Gasteiger partial charge in [-0.05, 0) is 36.8 Å². The van der Waals surface area contributed by atoms with E-state index in [9.17, 15) is 0 Å². The van der Waals surface area contributed by atoms with Gasteiger partial charge in [0.1, 0.15) is 0 Å². The van der Waals surface area contributed by atoms with Crippen LogP contribution in [0.4, 0.5) is 0 Å². The van der Waals surface area contributed by atoms with E-state index in [1.54, 1.807) is 36.8 Å². The van der Waals surface area contributed by atoms with E-state index in [4.69, 9.17) is 10.2 Å². The van der Waals surface area contributed by atoms with Gasteiger partial charge in [-0.2, -0.15) is 0 Å². The van der Waals surface area contributed by atoms with Crippen LogP contribution in [0.25, 0.3) is 0 Å². The molecule has 0 aliphatic rings. The zero-order chi connectivity index (χ0) is 8.69. The lowest BCUT2D eigenvalue weighted by Gasteiger charge is -1.92. The van der Waals surface area contributed by atoms with Crippen molar-refractivity contribution in [1.29, 1.82) is 0 Å². The maximum atomic E-state index is 8.79. The van der Waals surface area contributed by atoms with Gasteiger partial charge in [-0.15, -0.1) is 11.8 Å². The standard InChI is InChI=1S/C8H14O2S/c1-7(9)3-5-11-6-4-8(2)10/h3-10H,1-2H3/b5-3-,6-4?. The second-order valence-corrected chi connectivity index (χ2v) is 3.09. The number of aliphatic hydroxyl groups is 2. The lowest BCUT2D eigenvalue weighted by Crippen LogP contribution is -1.91. The Bertz CT molecular complexity index is 123. The summed E-state index contributed by atoms with van der Waals surface area (Å²) in [7, 11) is 0. The number of hydrogen-bond donors (Lipinski definition) is 2. The minimum Gasteiger partial charge on any atom is -0.389 e. The smallest absolute Gasteiger partial charge is 0.0700 e. The van der Waals surface area contributed by atoms with Crippen LogP contribution in [-0.2, 0) is 0 Å². The Labute approximate surface area is 71.6 Å². The quantitative estimate of drug-likeness (QED) is 0.678. The monoisotopic (exact) mass is 174 g/mol. The highest BCUT2D eigenvalue weighted by atomic mass is 32.2. The van der Waals surface area contributed by atoms with Gasteiger partial charge >= 0.3 is 0 Å². The number of aliphatic hydroxyl groups excluding tert-OH is 2. The van der Waals surface area contributed by atoms with E-state index in [1.165, 1.54) is 11.8 Å². The second-order valence-electron chi connectivity index (χ2n) is 2.27. The number of rotatable bonds is 4. The molecule has 2 unspecified atom stereocenters. The molecule has 0 aromatic carbocycles. The van der Waals surface area contributed by atoms with Gasteiger partial charge in [-0.25, -0.2) is 0 Å². The van der Waals surface area contributed by atoms with Gasteiger partial charge in [-0.1, -0.05) is 0 Å². The van der Waals surface area contributed by atoms with E-state index >= 15 is 0 Å². The van der Waals surface area contributed by atoms with E-state index in [0.29, 0.717) is 0 Å². The van der Waals surface area contributed by atoms with Crippen LogP contribution in [0.2, 0.25) is 0 Å². The third-order valence-electron chi connectivity index (χ3n) is 0.871. The van der Waals surface area contributed by atoms with Crippen molar-refractivity contribution in [3.63, 3.8) is 0 Å². The zero-order valence-corrected chi connectivity index (χ0v) is 7.58. The molecule has 0 heterocycles. The maximum absolute atomic E-state index is 8.79. The number of thioether (sulfide) groups is 1. The van der Waals surface area contributed by atoms with E-state index in [0.717, 1.165) is 0 Å². The molecule has 0 saturated heterocycles. The highest BCUT2D eigenvalue weighted by Crippen LogP contribution is 2.05. The minimum absolute atomic E-state index is 0.401. The molecule has 0 amide bonds. The Morgan fingerprint density at radius 3 is 1.64 bits per heavy atom. The van der Waals surface area contributed by atoms with Crippen molar-refractivity contribution in [1.82, 2.24) is 0 Å².